The number of alkyl halides is 3. The molecule has 0 amide bonds. The highest BCUT2D eigenvalue weighted by atomic mass is 32.2. The molecule has 0 saturated carbocycles. The van der Waals surface area contributed by atoms with Crippen molar-refractivity contribution in [1.82, 2.24) is 0 Å². The molecule has 0 aliphatic carbocycles. The molecular weight excluding hydrogens is 373 g/mol. The van der Waals surface area contributed by atoms with E-state index in [0.717, 1.165) is 5.92 Å². The molecule has 0 aromatic heterocycles. The first kappa shape index (κ1) is 21.5. The van der Waals surface area contributed by atoms with Crippen LogP contribution in [0.2, 0.25) is 0 Å². The molecule has 0 aliphatic heterocycles. The zero-order chi connectivity index (χ0) is 19.1. The van der Waals surface area contributed by atoms with Gasteiger partial charge in [0.05, 0.1) is 0 Å². The second-order valence-corrected chi connectivity index (χ2v) is 8.24. The molecule has 8 heteroatoms. The fourth-order valence-electron chi connectivity index (χ4n) is 1.83. The number of halogens is 3. The standard InChI is InChI=1S/C16H18S.CHF3O3S/c1-13(2)12-14-8-10-16(11-9-14)17-15-6-4-3-5-7-15;2-1(3,4)8(5,6)7/h3-11,13H,12H2,1-2H3;(H,5,6,7). The smallest absolute Gasteiger partial charge is 0.485 e. The van der Waals surface area contributed by atoms with Gasteiger partial charge in [0, 0.05) is 11.8 Å². The van der Waals surface area contributed by atoms with Crippen LogP contribution in [-0.4, -0.2) is 18.5 Å². The van der Waals surface area contributed by atoms with E-state index in [2.05, 4.69) is 68.4 Å². The minimum atomic E-state index is -6.09. The summed E-state index contributed by atoms with van der Waals surface area (Å²) in [6.07, 6.45) is 1.17. The second kappa shape index (κ2) is 9.26. The van der Waals surface area contributed by atoms with Gasteiger partial charge in [0.1, 0.15) is 0 Å². The third kappa shape index (κ3) is 8.42. The van der Waals surface area contributed by atoms with E-state index in [4.69, 9.17) is 13.0 Å². The second-order valence-electron chi connectivity index (χ2n) is 5.61. The first-order valence-corrected chi connectivity index (χ1v) is 9.67. The normalized spacial score (nSPS) is 11.8. The lowest BCUT2D eigenvalue weighted by Crippen LogP contribution is -2.21. The summed E-state index contributed by atoms with van der Waals surface area (Å²) in [5.74, 6) is 0.729. The Morgan fingerprint density at radius 2 is 1.40 bits per heavy atom. The molecule has 0 radical (unpaired) electrons. The summed E-state index contributed by atoms with van der Waals surface area (Å²) < 4.78 is 58.9. The van der Waals surface area contributed by atoms with Gasteiger partial charge < -0.3 is 4.55 Å². The monoisotopic (exact) mass is 392 g/mol. The summed E-state index contributed by atoms with van der Waals surface area (Å²) in [5.41, 5.74) is -4.21. The molecule has 0 N–H and O–H groups in total. The van der Waals surface area contributed by atoms with Gasteiger partial charge in [0.2, 0.25) is 0 Å². The van der Waals surface area contributed by atoms with E-state index in [1.165, 1.54) is 33.5 Å². The fourth-order valence-corrected chi connectivity index (χ4v) is 2.75. The van der Waals surface area contributed by atoms with Gasteiger partial charge in [0.25, 0.3) is 0 Å². The zero-order valence-corrected chi connectivity index (χ0v) is 15.4. The summed E-state index contributed by atoms with van der Waals surface area (Å²) in [6.45, 7) is 4.52. The van der Waals surface area contributed by atoms with Gasteiger partial charge in [-0.25, -0.2) is 8.42 Å². The molecule has 2 rings (SSSR count). The van der Waals surface area contributed by atoms with Crippen molar-refractivity contribution in [3.05, 3.63) is 60.2 Å². The minimum absolute atomic E-state index is 0.729. The molecule has 2 aromatic rings. The van der Waals surface area contributed by atoms with Crippen LogP contribution in [0.15, 0.2) is 64.4 Å². The lowest BCUT2D eigenvalue weighted by Gasteiger charge is -2.08. The molecule has 3 nitrogen and oxygen atoms in total. The number of thiol groups is 1. The lowest BCUT2D eigenvalue weighted by molar-refractivity contribution is -0.0517. The van der Waals surface area contributed by atoms with Gasteiger partial charge in [-0.3, -0.25) is 0 Å². The Kier molecular flexibility index (Phi) is 7.98. The minimum Gasteiger partial charge on any atom is -0.741 e. The number of rotatable bonds is 4. The Morgan fingerprint density at radius 1 is 0.960 bits per heavy atom. The van der Waals surface area contributed by atoms with Gasteiger partial charge >= 0.3 is 5.51 Å². The van der Waals surface area contributed by atoms with E-state index in [9.17, 15) is 13.2 Å². The van der Waals surface area contributed by atoms with Gasteiger partial charge in [0.15, 0.2) is 19.9 Å². The third-order valence-electron chi connectivity index (χ3n) is 2.88. The maximum Gasteiger partial charge on any atom is 0.485 e. The highest BCUT2D eigenvalue weighted by Gasteiger charge is 2.36. The molecule has 0 unspecified atom stereocenters. The first-order valence-electron chi connectivity index (χ1n) is 7.37. The van der Waals surface area contributed by atoms with Crippen molar-refractivity contribution in [2.24, 2.45) is 5.92 Å². The molecular formula is C17H19F3O3S2. The molecule has 0 atom stereocenters. The SMILES string of the molecule is CC(C)Cc1ccc([SH+]c2ccccc2)cc1.O=S(=O)([O-])C(F)(F)F. The Labute approximate surface area is 150 Å². The fraction of sp³-hybridized carbons (Fsp3) is 0.294. The van der Waals surface area contributed by atoms with Crippen LogP contribution in [0, 0.1) is 5.92 Å². The van der Waals surface area contributed by atoms with Crippen LogP contribution in [0.25, 0.3) is 0 Å². The zero-order valence-electron chi connectivity index (χ0n) is 13.7. The van der Waals surface area contributed by atoms with Crippen LogP contribution < -0.4 is 0 Å². The molecule has 0 aliphatic rings. The third-order valence-corrected chi connectivity index (χ3v) is 4.56. The topological polar surface area (TPSA) is 57.2 Å². The Balaban J connectivity index is 0.000000333. The van der Waals surface area contributed by atoms with Crippen molar-refractivity contribution in [1.29, 1.82) is 0 Å². The first-order chi connectivity index (χ1) is 11.5. The van der Waals surface area contributed by atoms with Gasteiger partial charge in [-0.1, -0.05) is 44.2 Å². The van der Waals surface area contributed by atoms with Crippen molar-refractivity contribution in [2.75, 3.05) is 0 Å². The van der Waals surface area contributed by atoms with E-state index in [-0.39, 0.29) is 0 Å². The van der Waals surface area contributed by atoms with Crippen molar-refractivity contribution < 1.29 is 26.1 Å². The summed E-state index contributed by atoms with van der Waals surface area (Å²) in [4.78, 5) is 2.72. The summed E-state index contributed by atoms with van der Waals surface area (Å²) >= 11 is 1.29. The molecule has 0 saturated heterocycles. The number of hydrogen-bond acceptors (Lipinski definition) is 3. The number of benzene rings is 2. The Hall–Kier alpha value is -1.51. The Morgan fingerprint density at radius 3 is 1.80 bits per heavy atom. The average Bonchev–Trinajstić information content (AvgIpc) is 2.48. The lowest BCUT2D eigenvalue weighted by atomic mass is 10.0. The quantitative estimate of drug-likeness (QED) is 0.340. The molecule has 25 heavy (non-hydrogen) atoms. The van der Waals surface area contributed by atoms with Gasteiger partial charge in [-0.05, 0) is 42.2 Å². The summed E-state index contributed by atoms with van der Waals surface area (Å²) in [7, 11) is -6.09. The van der Waals surface area contributed by atoms with Crippen LogP contribution in [0.3, 0.4) is 0 Å². The predicted octanol–water partition coefficient (Wildman–Crippen LogP) is 4.17. The van der Waals surface area contributed by atoms with E-state index >= 15 is 0 Å². The van der Waals surface area contributed by atoms with Crippen molar-refractivity contribution in [2.45, 2.75) is 35.6 Å². The van der Waals surface area contributed by atoms with E-state index in [1.54, 1.807) is 0 Å². The number of hydrogen-bond donors (Lipinski definition) is 0. The largest absolute Gasteiger partial charge is 0.741 e. The van der Waals surface area contributed by atoms with E-state index < -0.39 is 15.6 Å². The van der Waals surface area contributed by atoms with Crippen molar-refractivity contribution in [3.63, 3.8) is 0 Å². The molecule has 0 spiro atoms. The highest BCUT2D eigenvalue weighted by molar-refractivity contribution is 7.86. The van der Waals surface area contributed by atoms with E-state index in [0.29, 0.717) is 0 Å². The molecule has 138 valence electrons. The van der Waals surface area contributed by atoms with Crippen LogP contribution in [0.4, 0.5) is 13.2 Å². The van der Waals surface area contributed by atoms with Crippen LogP contribution in [-0.2, 0) is 28.3 Å². The Bertz CT molecular complexity index is 741. The van der Waals surface area contributed by atoms with Crippen molar-refractivity contribution in [3.8, 4) is 0 Å². The molecule has 0 fully saturated rings. The van der Waals surface area contributed by atoms with Crippen LogP contribution in [0.1, 0.15) is 19.4 Å². The van der Waals surface area contributed by atoms with E-state index in [1.807, 2.05) is 0 Å². The van der Waals surface area contributed by atoms with Crippen LogP contribution in [0.5, 0.6) is 0 Å². The average molecular weight is 392 g/mol. The maximum atomic E-state index is 10.7. The predicted molar refractivity (Wildman–Crippen MR) is 92.5 cm³/mol. The maximum absolute atomic E-state index is 10.7. The van der Waals surface area contributed by atoms with Gasteiger partial charge in [-0.2, -0.15) is 13.2 Å². The highest BCUT2D eigenvalue weighted by Crippen LogP contribution is 2.20. The molecule has 0 heterocycles. The molecule has 0 bridgehead atoms. The molecule has 2 aromatic carbocycles. The van der Waals surface area contributed by atoms with Crippen LogP contribution >= 0.6 is 0 Å². The summed E-state index contributed by atoms with van der Waals surface area (Å²) in [5, 5.41) is 0. The summed E-state index contributed by atoms with van der Waals surface area (Å²) in [6, 6.07) is 19.6. The van der Waals surface area contributed by atoms with Crippen molar-refractivity contribution >= 4 is 21.9 Å². The van der Waals surface area contributed by atoms with Gasteiger partial charge in [-0.15, -0.1) is 0 Å².